The first kappa shape index (κ1) is 21.1. The summed E-state index contributed by atoms with van der Waals surface area (Å²) < 4.78 is 15.7. The quantitative estimate of drug-likeness (QED) is 0.330. The lowest BCUT2D eigenvalue weighted by Crippen LogP contribution is -2.12. The Hall–Kier alpha value is -3.21. The van der Waals surface area contributed by atoms with Crippen LogP contribution in [-0.4, -0.2) is 26.1 Å². The van der Waals surface area contributed by atoms with Crippen LogP contribution in [0.1, 0.15) is 15.9 Å². The molecule has 2 aromatic carbocycles. The van der Waals surface area contributed by atoms with Gasteiger partial charge in [0.1, 0.15) is 17.2 Å². The molecule has 9 heteroatoms. The van der Waals surface area contributed by atoms with E-state index in [0.717, 1.165) is 0 Å². The molecule has 0 heterocycles. The van der Waals surface area contributed by atoms with Crippen LogP contribution < -0.4 is 19.9 Å². The largest absolute Gasteiger partial charge is 0.494 e. The second-order valence-electron chi connectivity index (χ2n) is 5.27. The molecule has 7 nitrogen and oxygen atoms in total. The number of esters is 1. The summed E-state index contributed by atoms with van der Waals surface area (Å²) in [5.41, 5.74) is 5.29. The van der Waals surface area contributed by atoms with Crippen LogP contribution in [0.2, 0.25) is 10.0 Å². The van der Waals surface area contributed by atoms with Gasteiger partial charge in [-0.15, -0.1) is 0 Å². The first-order valence-electron chi connectivity index (χ1n) is 7.66. The minimum Gasteiger partial charge on any atom is -0.494 e. The molecule has 0 aliphatic rings. The zero-order valence-corrected chi connectivity index (χ0v) is 16.3. The summed E-state index contributed by atoms with van der Waals surface area (Å²) in [6, 6.07) is 9.06. The van der Waals surface area contributed by atoms with Crippen molar-refractivity contribution in [3.8, 4) is 23.3 Å². The van der Waals surface area contributed by atoms with Crippen LogP contribution in [0, 0.1) is 11.3 Å². The third-order valence-corrected chi connectivity index (χ3v) is 4.17. The van der Waals surface area contributed by atoms with Gasteiger partial charge in [0.05, 0.1) is 24.3 Å². The lowest BCUT2D eigenvalue weighted by Gasteiger charge is -2.13. The van der Waals surface area contributed by atoms with Crippen LogP contribution in [0.15, 0.2) is 35.9 Å². The Morgan fingerprint density at radius 3 is 2.32 bits per heavy atom. The minimum absolute atomic E-state index is 0.0387. The highest BCUT2D eigenvalue weighted by atomic mass is 35.5. The number of methoxy groups -OCH3 is 2. The van der Waals surface area contributed by atoms with Gasteiger partial charge in [0, 0.05) is 0 Å². The number of nitrogens with zero attached hydrogens (tertiary/aromatic N) is 1. The van der Waals surface area contributed by atoms with Crippen LogP contribution in [0.4, 0.5) is 0 Å². The summed E-state index contributed by atoms with van der Waals surface area (Å²) in [7, 11) is 2.72. The van der Waals surface area contributed by atoms with Crippen LogP contribution in [0.3, 0.4) is 0 Å². The smallest absolute Gasteiger partial charge is 0.349 e. The van der Waals surface area contributed by atoms with Crippen molar-refractivity contribution in [3.05, 3.63) is 57.1 Å². The Morgan fingerprint density at radius 1 is 1.07 bits per heavy atom. The van der Waals surface area contributed by atoms with E-state index in [2.05, 4.69) is 0 Å². The van der Waals surface area contributed by atoms with Gasteiger partial charge >= 0.3 is 5.97 Å². The lowest BCUT2D eigenvalue weighted by atomic mass is 10.1. The lowest BCUT2D eigenvalue weighted by molar-refractivity contribution is -0.114. The summed E-state index contributed by atoms with van der Waals surface area (Å²) >= 11 is 12.1. The summed E-state index contributed by atoms with van der Waals surface area (Å²) in [6.07, 6.45) is 1.29. The first-order chi connectivity index (χ1) is 13.3. The molecule has 0 spiro atoms. The van der Waals surface area contributed by atoms with E-state index >= 15 is 0 Å². The molecule has 0 unspecified atom stereocenters. The van der Waals surface area contributed by atoms with Gasteiger partial charge in [-0.25, -0.2) is 4.79 Å². The fourth-order valence-electron chi connectivity index (χ4n) is 2.26. The number of hydrogen-bond acceptors (Lipinski definition) is 6. The minimum atomic E-state index is -0.861. The third-order valence-electron chi connectivity index (χ3n) is 3.55. The SMILES string of the molecule is COc1cc(/C=C(/C#N)C(N)=O)ccc1OC(=O)c1c(Cl)ccc(Cl)c1OC. The zero-order valence-electron chi connectivity index (χ0n) is 14.8. The molecule has 28 heavy (non-hydrogen) atoms. The number of hydrogen-bond donors (Lipinski definition) is 1. The molecule has 0 saturated carbocycles. The number of rotatable bonds is 6. The van der Waals surface area contributed by atoms with Crippen molar-refractivity contribution < 1.29 is 23.8 Å². The third kappa shape index (κ3) is 4.55. The number of halogens is 2. The van der Waals surface area contributed by atoms with Gasteiger partial charge in [0.15, 0.2) is 17.2 Å². The second kappa shape index (κ2) is 9.13. The molecule has 2 aromatic rings. The monoisotopic (exact) mass is 420 g/mol. The normalized spacial score (nSPS) is 10.8. The Bertz CT molecular complexity index is 1010. The molecule has 2 rings (SSSR count). The second-order valence-corrected chi connectivity index (χ2v) is 6.09. The highest BCUT2D eigenvalue weighted by Gasteiger charge is 2.22. The van der Waals surface area contributed by atoms with E-state index in [1.165, 1.54) is 50.6 Å². The molecule has 144 valence electrons. The molecule has 0 aromatic heterocycles. The van der Waals surface area contributed by atoms with Crippen molar-refractivity contribution in [1.29, 1.82) is 5.26 Å². The Kier molecular flexibility index (Phi) is 6.88. The molecular formula is C19H14Cl2N2O5. The molecule has 0 aliphatic heterocycles. The van der Waals surface area contributed by atoms with E-state index < -0.39 is 11.9 Å². The van der Waals surface area contributed by atoms with E-state index in [1.54, 1.807) is 6.07 Å². The summed E-state index contributed by atoms with van der Waals surface area (Å²) in [5, 5.41) is 9.22. The number of carbonyl (C=O) groups is 2. The maximum absolute atomic E-state index is 12.6. The van der Waals surface area contributed by atoms with E-state index in [0.29, 0.717) is 5.56 Å². The molecule has 0 aliphatic carbocycles. The van der Waals surface area contributed by atoms with Crippen molar-refractivity contribution in [2.24, 2.45) is 5.73 Å². The number of benzene rings is 2. The fraction of sp³-hybridized carbons (Fsp3) is 0.105. The van der Waals surface area contributed by atoms with Gasteiger partial charge in [-0.05, 0) is 35.9 Å². The molecule has 1 amide bonds. The van der Waals surface area contributed by atoms with Gasteiger partial charge in [-0.1, -0.05) is 29.3 Å². The van der Waals surface area contributed by atoms with E-state index in [9.17, 15) is 9.59 Å². The molecular weight excluding hydrogens is 407 g/mol. The number of nitrogens with two attached hydrogens (primary N) is 1. The Morgan fingerprint density at radius 2 is 1.75 bits per heavy atom. The standard InChI is InChI=1S/C19H14Cl2N2O5/c1-26-15-8-10(7-11(9-22)18(23)24)3-6-14(15)28-19(25)16-12(20)4-5-13(21)17(16)27-2/h3-8H,1-2H3,(H2,23,24)/b11-7-. The summed E-state index contributed by atoms with van der Waals surface area (Å²) in [5.74, 6) is -1.32. The van der Waals surface area contributed by atoms with Gasteiger partial charge in [0.25, 0.3) is 5.91 Å². The van der Waals surface area contributed by atoms with Gasteiger partial charge in [-0.3, -0.25) is 4.79 Å². The maximum atomic E-state index is 12.6. The van der Waals surface area contributed by atoms with Gasteiger partial charge < -0.3 is 19.9 Å². The van der Waals surface area contributed by atoms with Crippen molar-refractivity contribution in [2.45, 2.75) is 0 Å². The van der Waals surface area contributed by atoms with Crippen molar-refractivity contribution in [1.82, 2.24) is 0 Å². The first-order valence-corrected chi connectivity index (χ1v) is 8.41. The molecule has 0 radical (unpaired) electrons. The van der Waals surface area contributed by atoms with Crippen LogP contribution >= 0.6 is 23.2 Å². The van der Waals surface area contributed by atoms with Crippen LogP contribution in [0.5, 0.6) is 17.2 Å². The van der Waals surface area contributed by atoms with Crippen molar-refractivity contribution in [3.63, 3.8) is 0 Å². The average molecular weight is 421 g/mol. The zero-order chi connectivity index (χ0) is 20.8. The van der Waals surface area contributed by atoms with Crippen LogP contribution in [0.25, 0.3) is 6.08 Å². The van der Waals surface area contributed by atoms with Gasteiger partial charge in [-0.2, -0.15) is 5.26 Å². The number of ether oxygens (including phenoxy) is 3. The summed E-state index contributed by atoms with van der Waals surface area (Å²) in [4.78, 5) is 23.8. The summed E-state index contributed by atoms with van der Waals surface area (Å²) in [6.45, 7) is 0. The predicted octanol–water partition coefficient (Wildman–Crippen LogP) is 3.62. The van der Waals surface area contributed by atoms with Crippen molar-refractivity contribution in [2.75, 3.05) is 14.2 Å². The van der Waals surface area contributed by atoms with Crippen molar-refractivity contribution >= 4 is 41.2 Å². The van der Waals surface area contributed by atoms with E-state index in [-0.39, 0.29) is 38.4 Å². The number of amides is 1. The van der Waals surface area contributed by atoms with Gasteiger partial charge in [0.2, 0.25) is 0 Å². The van der Waals surface area contributed by atoms with Crippen LogP contribution in [-0.2, 0) is 4.79 Å². The number of carbonyl (C=O) groups excluding carboxylic acids is 2. The highest BCUT2D eigenvalue weighted by Crippen LogP contribution is 2.36. The molecule has 0 atom stereocenters. The fourth-order valence-corrected chi connectivity index (χ4v) is 2.72. The number of primary amides is 1. The average Bonchev–Trinajstić information content (AvgIpc) is 2.67. The molecule has 0 saturated heterocycles. The van der Waals surface area contributed by atoms with E-state index in [1.807, 2.05) is 0 Å². The Balaban J connectivity index is 2.40. The molecule has 0 fully saturated rings. The topological polar surface area (TPSA) is 112 Å². The molecule has 2 N–H and O–H groups in total. The highest BCUT2D eigenvalue weighted by molar-refractivity contribution is 6.37. The number of nitriles is 1. The Labute approximate surface area is 170 Å². The maximum Gasteiger partial charge on any atom is 0.349 e. The van der Waals surface area contributed by atoms with E-state index in [4.69, 9.17) is 48.4 Å². The predicted molar refractivity (Wildman–Crippen MR) is 104 cm³/mol. The molecule has 0 bridgehead atoms.